The van der Waals surface area contributed by atoms with Gasteiger partial charge in [0.1, 0.15) is 0 Å². The fourth-order valence-electron chi connectivity index (χ4n) is 1.93. The Morgan fingerprint density at radius 1 is 1.17 bits per heavy atom. The Labute approximate surface area is 113 Å². The van der Waals surface area contributed by atoms with Crippen molar-refractivity contribution >= 4 is 17.5 Å². The lowest BCUT2D eigenvalue weighted by Gasteiger charge is -2.26. The third-order valence-electron chi connectivity index (χ3n) is 2.94. The highest BCUT2D eigenvalue weighted by Gasteiger charge is 2.16. The van der Waals surface area contributed by atoms with Crippen molar-refractivity contribution in [1.29, 1.82) is 0 Å². The molecule has 6 heteroatoms. The Bertz CT molecular complexity index is 382. The maximum absolute atomic E-state index is 5.91. The van der Waals surface area contributed by atoms with Crippen LogP contribution in [0, 0.1) is 0 Å². The van der Waals surface area contributed by atoms with Crippen LogP contribution in [0.15, 0.2) is 0 Å². The third kappa shape index (κ3) is 3.70. The number of ether oxygens (including phenoxy) is 1. The lowest BCUT2D eigenvalue weighted by molar-refractivity contribution is 0.284. The topological polar surface area (TPSA) is 51.1 Å². The van der Waals surface area contributed by atoms with Crippen molar-refractivity contribution in [2.24, 2.45) is 0 Å². The van der Waals surface area contributed by atoms with E-state index >= 15 is 0 Å². The molecule has 0 amide bonds. The first-order chi connectivity index (χ1) is 8.79. The van der Waals surface area contributed by atoms with E-state index in [-0.39, 0.29) is 5.28 Å². The van der Waals surface area contributed by atoms with Gasteiger partial charge >= 0.3 is 6.01 Å². The van der Waals surface area contributed by atoms with Crippen LogP contribution in [-0.2, 0) is 0 Å². The quantitative estimate of drug-likeness (QED) is 0.770. The molecule has 0 radical (unpaired) electrons. The number of unbranched alkanes of at least 4 members (excludes halogenated alkanes) is 1. The van der Waals surface area contributed by atoms with Crippen molar-refractivity contribution in [3.8, 4) is 6.01 Å². The van der Waals surface area contributed by atoms with Crippen molar-refractivity contribution in [3.63, 3.8) is 0 Å². The minimum Gasteiger partial charge on any atom is -0.463 e. The highest BCUT2D eigenvalue weighted by atomic mass is 35.5. The molecule has 0 N–H and O–H groups in total. The van der Waals surface area contributed by atoms with E-state index in [4.69, 9.17) is 16.3 Å². The van der Waals surface area contributed by atoms with Gasteiger partial charge in [-0.05, 0) is 37.3 Å². The van der Waals surface area contributed by atoms with Crippen molar-refractivity contribution in [3.05, 3.63) is 5.28 Å². The summed E-state index contributed by atoms with van der Waals surface area (Å²) in [6.45, 7) is 4.70. The number of hydrogen-bond donors (Lipinski definition) is 0. The number of rotatable bonds is 5. The van der Waals surface area contributed by atoms with E-state index in [2.05, 4.69) is 26.8 Å². The van der Waals surface area contributed by atoms with Gasteiger partial charge in [0.2, 0.25) is 11.2 Å². The van der Waals surface area contributed by atoms with E-state index in [0.717, 1.165) is 25.9 Å². The largest absolute Gasteiger partial charge is 0.463 e. The second-order valence-corrected chi connectivity index (χ2v) is 4.77. The summed E-state index contributed by atoms with van der Waals surface area (Å²) in [4.78, 5) is 14.6. The third-order valence-corrected chi connectivity index (χ3v) is 3.11. The zero-order valence-electron chi connectivity index (χ0n) is 10.7. The van der Waals surface area contributed by atoms with Gasteiger partial charge in [0, 0.05) is 13.1 Å². The van der Waals surface area contributed by atoms with Gasteiger partial charge in [-0.25, -0.2) is 0 Å². The molecule has 100 valence electrons. The second-order valence-electron chi connectivity index (χ2n) is 4.44. The van der Waals surface area contributed by atoms with E-state index in [0.29, 0.717) is 18.6 Å². The lowest BCUT2D eigenvalue weighted by atomic mass is 10.1. The molecule has 0 spiro atoms. The molecule has 0 bridgehead atoms. The predicted molar refractivity (Wildman–Crippen MR) is 71.3 cm³/mol. The molecule has 18 heavy (non-hydrogen) atoms. The summed E-state index contributed by atoms with van der Waals surface area (Å²) in [5, 5.41) is 0.206. The maximum Gasteiger partial charge on any atom is 0.322 e. The first-order valence-corrected chi connectivity index (χ1v) is 6.96. The average Bonchev–Trinajstić information content (AvgIpc) is 2.39. The van der Waals surface area contributed by atoms with Crippen LogP contribution in [0.1, 0.15) is 39.0 Å². The molecule has 1 fully saturated rings. The van der Waals surface area contributed by atoms with Gasteiger partial charge < -0.3 is 9.64 Å². The van der Waals surface area contributed by atoms with Crippen molar-refractivity contribution < 1.29 is 4.74 Å². The summed E-state index contributed by atoms with van der Waals surface area (Å²) >= 11 is 5.91. The molecule has 1 aromatic heterocycles. The van der Waals surface area contributed by atoms with Crippen LogP contribution >= 0.6 is 11.6 Å². The summed E-state index contributed by atoms with van der Waals surface area (Å²) < 4.78 is 5.49. The Kier molecular flexibility index (Phi) is 4.99. The van der Waals surface area contributed by atoms with Crippen molar-refractivity contribution in [2.75, 3.05) is 24.6 Å². The van der Waals surface area contributed by atoms with Gasteiger partial charge in [0.25, 0.3) is 0 Å². The average molecular weight is 271 g/mol. The molecule has 1 aliphatic rings. The van der Waals surface area contributed by atoms with Gasteiger partial charge in [0.15, 0.2) is 0 Å². The van der Waals surface area contributed by atoms with Gasteiger partial charge in [-0.2, -0.15) is 15.0 Å². The van der Waals surface area contributed by atoms with Crippen LogP contribution in [0.2, 0.25) is 5.28 Å². The highest BCUT2D eigenvalue weighted by molar-refractivity contribution is 6.28. The molecule has 2 heterocycles. The van der Waals surface area contributed by atoms with Crippen LogP contribution < -0.4 is 9.64 Å². The molecule has 5 nitrogen and oxygen atoms in total. The van der Waals surface area contributed by atoms with E-state index in [1.807, 2.05) is 0 Å². The molecular weight excluding hydrogens is 252 g/mol. The molecule has 0 aliphatic carbocycles. The Morgan fingerprint density at radius 3 is 2.67 bits per heavy atom. The molecule has 0 saturated carbocycles. The van der Waals surface area contributed by atoms with E-state index in [1.165, 1.54) is 19.3 Å². The second kappa shape index (κ2) is 6.73. The Hall–Kier alpha value is -1.10. The van der Waals surface area contributed by atoms with Crippen LogP contribution in [0.4, 0.5) is 5.95 Å². The number of aromatic nitrogens is 3. The highest BCUT2D eigenvalue weighted by Crippen LogP contribution is 2.19. The summed E-state index contributed by atoms with van der Waals surface area (Å²) in [5.41, 5.74) is 0. The number of nitrogens with zero attached hydrogens (tertiary/aromatic N) is 4. The van der Waals surface area contributed by atoms with E-state index in [1.54, 1.807) is 0 Å². The minimum atomic E-state index is 0.206. The SMILES string of the molecule is CCCCOc1nc(Cl)nc(N2CCCCC2)n1. The predicted octanol–water partition coefficient (Wildman–Crippen LogP) is 2.69. The fourth-order valence-corrected chi connectivity index (χ4v) is 2.08. The molecule has 0 unspecified atom stereocenters. The van der Waals surface area contributed by atoms with Crippen molar-refractivity contribution in [1.82, 2.24) is 15.0 Å². The normalized spacial score (nSPS) is 15.8. The molecule has 0 atom stereocenters. The monoisotopic (exact) mass is 270 g/mol. The molecule has 1 aliphatic heterocycles. The van der Waals surface area contributed by atoms with Gasteiger partial charge in [-0.1, -0.05) is 13.3 Å². The maximum atomic E-state index is 5.91. The van der Waals surface area contributed by atoms with E-state index < -0.39 is 0 Å². The van der Waals surface area contributed by atoms with Crippen LogP contribution in [-0.4, -0.2) is 34.6 Å². The Morgan fingerprint density at radius 2 is 1.94 bits per heavy atom. The minimum absolute atomic E-state index is 0.206. The summed E-state index contributed by atoms with van der Waals surface area (Å²) in [6.07, 6.45) is 5.69. The van der Waals surface area contributed by atoms with Crippen LogP contribution in [0.5, 0.6) is 6.01 Å². The molecule has 2 rings (SSSR count). The zero-order valence-corrected chi connectivity index (χ0v) is 11.5. The number of halogens is 1. The number of piperidine rings is 1. The van der Waals surface area contributed by atoms with Crippen LogP contribution in [0.3, 0.4) is 0 Å². The first kappa shape index (κ1) is 13.3. The fraction of sp³-hybridized carbons (Fsp3) is 0.750. The molecular formula is C12H19ClN4O. The molecule has 1 saturated heterocycles. The van der Waals surface area contributed by atoms with Crippen LogP contribution in [0.25, 0.3) is 0 Å². The van der Waals surface area contributed by atoms with E-state index in [9.17, 15) is 0 Å². The van der Waals surface area contributed by atoms with Gasteiger partial charge in [-0.15, -0.1) is 0 Å². The smallest absolute Gasteiger partial charge is 0.322 e. The van der Waals surface area contributed by atoms with Gasteiger partial charge in [-0.3, -0.25) is 0 Å². The summed E-state index contributed by atoms with van der Waals surface area (Å²) in [7, 11) is 0. The standard InChI is InChI=1S/C12H19ClN4O/c1-2-3-9-18-12-15-10(13)14-11(16-12)17-7-5-4-6-8-17/h2-9H2,1H3. The summed E-state index contributed by atoms with van der Waals surface area (Å²) in [6, 6.07) is 0.337. The Balaban J connectivity index is 2.05. The number of hydrogen-bond acceptors (Lipinski definition) is 5. The van der Waals surface area contributed by atoms with Crippen molar-refractivity contribution in [2.45, 2.75) is 39.0 Å². The zero-order chi connectivity index (χ0) is 12.8. The summed E-state index contributed by atoms with van der Waals surface area (Å²) in [5.74, 6) is 0.640. The number of anilines is 1. The molecule has 0 aromatic carbocycles. The molecule has 1 aromatic rings. The van der Waals surface area contributed by atoms with Gasteiger partial charge in [0.05, 0.1) is 6.61 Å². The first-order valence-electron chi connectivity index (χ1n) is 6.59. The lowest BCUT2D eigenvalue weighted by Crippen LogP contribution is -2.31.